The Bertz CT molecular complexity index is 366. The van der Waals surface area contributed by atoms with E-state index in [1.165, 1.54) is 5.56 Å². The molecule has 0 radical (unpaired) electrons. The molecular formula is C14H26N4S. The van der Waals surface area contributed by atoms with Gasteiger partial charge < -0.3 is 10.2 Å². The van der Waals surface area contributed by atoms with Crippen molar-refractivity contribution in [1.29, 1.82) is 0 Å². The minimum Gasteiger partial charge on any atom is -0.370 e. The van der Waals surface area contributed by atoms with Gasteiger partial charge in [-0.1, -0.05) is 20.8 Å². The highest BCUT2D eigenvalue weighted by molar-refractivity contribution is 7.99. The van der Waals surface area contributed by atoms with Gasteiger partial charge in [0.05, 0.1) is 0 Å². The molecule has 0 aliphatic heterocycles. The van der Waals surface area contributed by atoms with Crippen LogP contribution in [0.3, 0.4) is 0 Å². The van der Waals surface area contributed by atoms with Crippen LogP contribution in [0.25, 0.3) is 0 Å². The lowest BCUT2D eigenvalue weighted by Crippen LogP contribution is -2.25. The summed E-state index contributed by atoms with van der Waals surface area (Å²) in [5, 5.41) is 4.45. The van der Waals surface area contributed by atoms with Crippen LogP contribution in [-0.2, 0) is 0 Å². The van der Waals surface area contributed by atoms with Gasteiger partial charge in [0, 0.05) is 24.4 Å². The number of nitrogens with one attached hydrogen (secondary N) is 1. The minimum absolute atomic E-state index is 0.960. The third-order valence-electron chi connectivity index (χ3n) is 3.12. The van der Waals surface area contributed by atoms with E-state index < -0.39 is 0 Å². The third-order valence-corrected chi connectivity index (χ3v) is 4.19. The maximum atomic E-state index is 4.39. The molecule has 0 aromatic carbocycles. The van der Waals surface area contributed by atoms with Crippen LogP contribution in [0.2, 0.25) is 0 Å². The van der Waals surface area contributed by atoms with E-state index in [4.69, 9.17) is 0 Å². The summed E-state index contributed by atoms with van der Waals surface area (Å²) < 4.78 is 0. The highest BCUT2D eigenvalue weighted by atomic mass is 32.2. The molecular weight excluding hydrogens is 256 g/mol. The zero-order valence-corrected chi connectivity index (χ0v) is 13.4. The van der Waals surface area contributed by atoms with Crippen molar-refractivity contribution in [3.63, 3.8) is 0 Å². The van der Waals surface area contributed by atoms with E-state index in [1.54, 1.807) is 6.33 Å². The van der Waals surface area contributed by atoms with Crippen molar-refractivity contribution in [1.82, 2.24) is 14.9 Å². The molecule has 1 aromatic heterocycles. The fraction of sp³-hybridized carbons (Fsp3) is 0.714. The van der Waals surface area contributed by atoms with E-state index >= 15 is 0 Å². The molecule has 19 heavy (non-hydrogen) atoms. The molecule has 0 atom stereocenters. The molecule has 0 saturated carbocycles. The molecule has 5 heteroatoms. The molecule has 4 nitrogen and oxygen atoms in total. The maximum Gasteiger partial charge on any atom is 0.133 e. The lowest BCUT2D eigenvalue weighted by atomic mass is 10.3. The number of anilines is 1. The highest BCUT2D eigenvalue weighted by Crippen LogP contribution is 2.23. The topological polar surface area (TPSA) is 41.1 Å². The van der Waals surface area contributed by atoms with Crippen LogP contribution in [0.1, 0.15) is 32.8 Å². The van der Waals surface area contributed by atoms with Gasteiger partial charge in [-0.3, -0.25) is 0 Å². The highest BCUT2D eigenvalue weighted by Gasteiger charge is 2.07. The van der Waals surface area contributed by atoms with Crippen molar-refractivity contribution in [2.75, 3.05) is 37.2 Å². The molecule has 1 aromatic rings. The number of hydrogen-bond acceptors (Lipinski definition) is 5. The molecule has 0 aliphatic rings. The minimum atomic E-state index is 0.960. The number of nitrogens with zero attached hydrogens (tertiary/aromatic N) is 3. The second-order valence-corrected chi connectivity index (χ2v) is 5.54. The van der Waals surface area contributed by atoms with Crippen LogP contribution >= 0.6 is 11.8 Å². The second kappa shape index (κ2) is 9.15. The predicted molar refractivity (Wildman–Crippen MR) is 84.1 cm³/mol. The van der Waals surface area contributed by atoms with Gasteiger partial charge in [0.2, 0.25) is 0 Å². The van der Waals surface area contributed by atoms with Gasteiger partial charge in [-0.25, -0.2) is 9.97 Å². The molecule has 1 heterocycles. The third kappa shape index (κ3) is 5.37. The molecule has 0 bridgehead atoms. The van der Waals surface area contributed by atoms with Crippen molar-refractivity contribution in [2.45, 2.75) is 39.1 Å². The van der Waals surface area contributed by atoms with E-state index in [0.29, 0.717) is 0 Å². The molecule has 1 rings (SSSR count). The normalized spacial score (nSPS) is 11.0. The maximum absolute atomic E-state index is 4.39. The quantitative estimate of drug-likeness (QED) is 0.557. The summed E-state index contributed by atoms with van der Waals surface area (Å²) in [5.74, 6) is 2.05. The van der Waals surface area contributed by atoms with Gasteiger partial charge >= 0.3 is 0 Å². The van der Waals surface area contributed by atoms with Crippen LogP contribution in [0.15, 0.2) is 11.4 Å². The molecule has 0 amide bonds. The Morgan fingerprint density at radius 3 is 2.58 bits per heavy atom. The molecule has 1 N–H and O–H groups in total. The van der Waals surface area contributed by atoms with Gasteiger partial charge in [-0.15, -0.1) is 11.8 Å². The van der Waals surface area contributed by atoms with E-state index in [0.717, 1.165) is 49.2 Å². The van der Waals surface area contributed by atoms with E-state index in [-0.39, 0.29) is 0 Å². The monoisotopic (exact) mass is 282 g/mol. The Hall–Kier alpha value is -0.810. The zero-order valence-electron chi connectivity index (χ0n) is 12.6. The van der Waals surface area contributed by atoms with Crippen molar-refractivity contribution < 1.29 is 0 Å². The van der Waals surface area contributed by atoms with Crippen LogP contribution < -0.4 is 5.32 Å². The Balaban J connectivity index is 2.53. The van der Waals surface area contributed by atoms with Gasteiger partial charge in [-0.2, -0.15) is 0 Å². The Morgan fingerprint density at radius 2 is 1.95 bits per heavy atom. The number of rotatable bonds is 9. The molecule has 0 aliphatic carbocycles. The number of thioether (sulfide) groups is 1. The molecule has 0 fully saturated rings. The Morgan fingerprint density at radius 1 is 1.21 bits per heavy atom. The van der Waals surface area contributed by atoms with E-state index in [2.05, 4.69) is 47.9 Å². The van der Waals surface area contributed by atoms with Gasteiger partial charge in [0.15, 0.2) is 0 Å². The van der Waals surface area contributed by atoms with Crippen LogP contribution in [0.5, 0.6) is 0 Å². The first-order valence-electron chi connectivity index (χ1n) is 7.13. The van der Waals surface area contributed by atoms with Crippen molar-refractivity contribution in [3.8, 4) is 0 Å². The fourth-order valence-corrected chi connectivity index (χ4v) is 2.79. The number of aromatic nitrogens is 2. The molecule has 108 valence electrons. The van der Waals surface area contributed by atoms with Crippen molar-refractivity contribution in [2.24, 2.45) is 0 Å². The second-order valence-electron chi connectivity index (χ2n) is 4.45. The smallest absolute Gasteiger partial charge is 0.133 e. The lowest BCUT2D eigenvalue weighted by molar-refractivity contribution is 0.324. The first-order chi connectivity index (χ1) is 9.22. The summed E-state index contributed by atoms with van der Waals surface area (Å²) in [6.45, 7) is 13.0. The summed E-state index contributed by atoms with van der Waals surface area (Å²) >= 11 is 1.82. The molecule has 0 unspecified atom stereocenters. The lowest BCUT2D eigenvalue weighted by Gasteiger charge is -2.17. The predicted octanol–water partition coefficient (Wildman–Crippen LogP) is 3.04. The van der Waals surface area contributed by atoms with Gasteiger partial charge in [0.25, 0.3) is 0 Å². The van der Waals surface area contributed by atoms with Gasteiger partial charge in [-0.05, 0) is 26.4 Å². The zero-order chi connectivity index (χ0) is 14.1. The average molecular weight is 282 g/mol. The van der Waals surface area contributed by atoms with Crippen LogP contribution in [0, 0.1) is 6.92 Å². The molecule has 0 saturated heterocycles. The molecule has 0 spiro atoms. The first-order valence-corrected chi connectivity index (χ1v) is 8.12. The summed E-state index contributed by atoms with van der Waals surface area (Å²) in [7, 11) is 0. The summed E-state index contributed by atoms with van der Waals surface area (Å²) in [5.41, 5.74) is 1.17. The average Bonchev–Trinajstić information content (AvgIpc) is 2.44. The summed E-state index contributed by atoms with van der Waals surface area (Å²) in [6.07, 6.45) is 2.76. The Labute approximate surface area is 121 Å². The Kier molecular flexibility index (Phi) is 7.82. The first kappa shape index (κ1) is 16.2. The standard InChI is InChI=1S/C14H26N4S/c1-5-8-15-13-12(4)14(17-11-16-13)19-10-9-18(6-2)7-3/h11H,5-10H2,1-4H3,(H,15,16,17). The SMILES string of the molecule is CCCNc1ncnc(SCCN(CC)CC)c1C. The van der Waals surface area contributed by atoms with Crippen molar-refractivity contribution >= 4 is 17.6 Å². The van der Waals surface area contributed by atoms with Crippen LogP contribution in [-0.4, -0.2) is 46.8 Å². The van der Waals surface area contributed by atoms with E-state index in [9.17, 15) is 0 Å². The van der Waals surface area contributed by atoms with E-state index in [1.807, 2.05) is 11.8 Å². The van der Waals surface area contributed by atoms with Crippen molar-refractivity contribution in [3.05, 3.63) is 11.9 Å². The summed E-state index contributed by atoms with van der Waals surface area (Å²) in [6, 6.07) is 0. The summed E-state index contributed by atoms with van der Waals surface area (Å²) in [4.78, 5) is 11.1. The van der Waals surface area contributed by atoms with Gasteiger partial charge in [0.1, 0.15) is 17.2 Å². The largest absolute Gasteiger partial charge is 0.370 e. The van der Waals surface area contributed by atoms with Crippen LogP contribution in [0.4, 0.5) is 5.82 Å². The fourth-order valence-electron chi connectivity index (χ4n) is 1.81. The number of hydrogen-bond donors (Lipinski definition) is 1.